The number of carbonyl (C=O) groups is 2. The van der Waals surface area contributed by atoms with Crippen LogP contribution in [0.25, 0.3) is 5.57 Å². The molecule has 5 heteroatoms. The summed E-state index contributed by atoms with van der Waals surface area (Å²) >= 11 is 6.03. The van der Waals surface area contributed by atoms with Crippen LogP contribution in [0.4, 0.5) is 11.4 Å². The Balaban J connectivity index is 1.84. The maximum Gasteiger partial charge on any atom is 0.282 e. The van der Waals surface area contributed by atoms with Gasteiger partial charge in [-0.15, -0.1) is 0 Å². The molecule has 0 bridgehead atoms. The van der Waals surface area contributed by atoms with Crippen LogP contribution in [0.1, 0.15) is 22.3 Å². The van der Waals surface area contributed by atoms with E-state index in [9.17, 15) is 9.59 Å². The van der Waals surface area contributed by atoms with Crippen LogP contribution in [-0.2, 0) is 9.59 Å². The standard InChI is InChI=1S/C25H21ClN2O2/c1-15-7-13-20(14-8-15)28-24(29)22(18-9-11-19(26)12-10-18)23(25(28)30)27-21-6-4-5-16(2)17(21)3/h4-14,27H,1-3H3. The Bertz CT molecular complexity index is 1180. The lowest BCUT2D eigenvalue weighted by molar-refractivity contribution is -0.120. The van der Waals surface area contributed by atoms with Crippen LogP contribution in [0.3, 0.4) is 0 Å². The lowest BCUT2D eigenvalue weighted by Crippen LogP contribution is -2.32. The first-order valence-corrected chi connectivity index (χ1v) is 10.0. The fraction of sp³-hybridized carbons (Fsp3) is 0.120. The second-order valence-electron chi connectivity index (χ2n) is 7.41. The fourth-order valence-corrected chi connectivity index (χ4v) is 3.61. The van der Waals surface area contributed by atoms with Crippen molar-refractivity contribution < 1.29 is 9.59 Å². The Hall–Kier alpha value is -3.37. The molecule has 0 unspecified atom stereocenters. The van der Waals surface area contributed by atoms with Crippen molar-refractivity contribution in [3.05, 3.63) is 99.7 Å². The van der Waals surface area contributed by atoms with Crippen molar-refractivity contribution in [1.82, 2.24) is 0 Å². The maximum atomic E-state index is 13.4. The number of hydrogen-bond acceptors (Lipinski definition) is 3. The van der Waals surface area contributed by atoms with Crippen LogP contribution in [-0.4, -0.2) is 11.8 Å². The van der Waals surface area contributed by atoms with E-state index in [1.807, 2.05) is 51.1 Å². The predicted molar refractivity (Wildman–Crippen MR) is 122 cm³/mol. The summed E-state index contributed by atoms with van der Waals surface area (Å²) in [7, 11) is 0. The van der Waals surface area contributed by atoms with Crippen molar-refractivity contribution >= 4 is 40.4 Å². The first kappa shape index (κ1) is 19.9. The zero-order valence-electron chi connectivity index (χ0n) is 17.0. The summed E-state index contributed by atoms with van der Waals surface area (Å²) in [6.45, 7) is 5.96. The maximum absolute atomic E-state index is 13.4. The Morgan fingerprint density at radius 3 is 2.13 bits per heavy atom. The average molecular weight is 417 g/mol. The molecule has 0 aliphatic carbocycles. The van der Waals surface area contributed by atoms with Crippen molar-refractivity contribution in [2.45, 2.75) is 20.8 Å². The van der Waals surface area contributed by atoms with E-state index in [2.05, 4.69) is 5.32 Å². The molecule has 1 heterocycles. The minimum absolute atomic E-state index is 0.261. The number of aryl methyl sites for hydroxylation is 2. The molecule has 150 valence electrons. The van der Waals surface area contributed by atoms with Gasteiger partial charge in [0.15, 0.2) is 0 Å². The Morgan fingerprint density at radius 1 is 0.800 bits per heavy atom. The van der Waals surface area contributed by atoms with Gasteiger partial charge in [-0.1, -0.05) is 53.6 Å². The molecule has 3 aromatic rings. The Labute approximate surface area is 180 Å². The number of rotatable bonds is 4. The van der Waals surface area contributed by atoms with E-state index in [1.165, 1.54) is 4.90 Å². The summed E-state index contributed by atoms with van der Waals surface area (Å²) in [5.41, 5.74) is 5.74. The zero-order valence-corrected chi connectivity index (χ0v) is 17.7. The number of amides is 2. The van der Waals surface area contributed by atoms with Crippen molar-refractivity contribution in [1.29, 1.82) is 0 Å². The number of halogens is 1. The molecule has 0 saturated heterocycles. The number of nitrogens with zero attached hydrogens (tertiary/aromatic N) is 1. The third-order valence-corrected chi connectivity index (χ3v) is 5.63. The highest BCUT2D eigenvalue weighted by Crippen LogP contribution is 2.35. The Kier molecular flexibility index (Phi) is 5.18. The smallest absolute Gasteiger partial charge is 0.282 e. The van der Waals surface area contributed by atoms with Crippen LogP contribution < -0.4 is 10.2 Å². The molecular weight excluding hydrogens is 396 g/mol. The second kappa shape index (κ2) is 7.81. The van der Waals surface area contributed by atoms with Crippen molar-refractivity contribution in [3.8, 4) is 0 Å². The molecule has 0 spiro atoms. The highest BCUT2D eigenvalue weighted by molar-refractivity contribution is 6.46. The SMILES string of the molecule is Cc1ccc(N2C(=O)C(Nc3cccc(C)c3C)=C(c3ccc(Cl)cc3)C2=O)cc1. The van der Waals surface area contributed by atoms with Gasteiger partial charge in [-0.05, 0) is 67.8 Å². The second-order valence-corrected chi connectivity index (χ2v) is 7.85. The van der Waals surface area contributed by atoms with Gasteiger partial charge in [0.2, 0.25) is 0 Å². The third-order valence-electron chi connectivity index (χ3n) is 5.37. The van der Waals surface area contributed by atoms with Crippen LogP contribution in [0.5, 0.6) is 0 Å². The average Bonchev–Trinajstić information content (AvgIpc) is 2.97. The summed E-state index contributed by atoms with van der Waals surface area (Å²) in [4.78, 5) is 28.0. The third kappa shape index (κ3) is 3.51. The molecule has 3 aromatic carbocycles. The summed E-state index contributed by atoms with van der Waals surface area (Å²) in [5, 5.41) is 3.80. The number of benzene rings is 3. The van der Waals surface area contributed by atoms with Crippen molar-refractivity contribution in [3.63, 3.8) is 0 Å². The lowest BCUT2D eigenvalue weighted by atomic mass is 10.0. The number of nitrogens with one attached hydrogen (secondary N) is 1. The van der Waals surface area contributed by atoms with E-state index >= 15 is 0 Å². The van der Waals surface area contributed by atoms with E-state index in [-0.39, 0.29) is 17.5 Å². The summed E-state index contributed by atoms with van der Waals surface area (Å²) in [6, 6.07) is 20.1. The van der Waals surface area contributed by atoms with E-state index in [4.69, 9.17) is 11.6 Å². The van der Waals surface area contributed by atoms with Gasteiger partial charge < -0.3 is 5.32 Å². The molecule has 0 atom stereocenters. The lowest BCUT2D eigenvalue weighted by Gasteiger charge is -2.16. The number of hydrogen-bond donors (Lipinski definition) is 1. The van der Waals surface area contributed by atoms with Gasteiger partial charge in [-0.2, -0.15) is 0 Å². The number of carbonyl (C=O) groups excluding carboxylic acids is 2. The van der Waals surface area contributed by atoms with E-state index in [1.54, 1.807) is 36.4 Å². The topological polar surface area (TPSA) is 49.4 Å². The van der Waals surface area contributed by atoms with E-state index in [0.717, 1.165) is 22.4 Å². The van der Waals surface area contributed by atoms with Gasteiger partial charge in [0.25, 0.3) is 11.8 Å². The van der Waals surface area contributed by atoms with Crippen LogP contribution in [0, 0.1) is 20.8 Å². The molecule has 4 rings (SSSR count). The molecule has 0 fully saturated rings. The highest BCUT2D eigenvalue weighted by atomic mass is 35.5. The molecule has 30 heavy (non-hydrogen) atoms. The van der Waals surface area contributed by atoms with Crippen molar-refractivity contribution in [2.24, 2.45) is 0 Å². The molecule has 4 nitrogen and oxygen atoms in total. The fourth-order valence-electron chi connectivity index (χ4n) is 3.48. The highest BCUT2D eigenvalue weighted by Gasteiger charge is 2.40. The minimum atomic E-state index is -0.380. The monoisotopic (exact) mass is 416 g/mol. The molecule has 1 N–H and O–H groups in total. The van der Waals surface area contributed by atoms with Gasteiger partial charge in [0, 0.05) is 10.7 Å². The normalized spacial score (nSPS) is 13.9. The van der Waals surface area contributed by atoms with Crippen LogP contribution in [0.15, 0.2) is 72.4 Å². The van der Waals surface area contributed by atoms with Gasteiger partial charge >= 0.3 is 0 Å². The first-order chi connectivity index (χ1) is 14.4. The zero-order chi connectivity index (χ0) is 21.4. The van der Waals surface area contributed by atoms with Gasteiger partial charge in [0.1, 0.15) is 5.70 Å². The quantitative estimate of drug-likeness (QED) is 0.558. The molecule has 0 saturated carbocycles. The largest absolute Gasteiger partial charge is 0.350 e. The Morgan fingerprint density at radius 2 is 1.47 bits per heavy atom. The molecular formula is C25H21ClN2O2. The summed E-state index contributed by atoms with van der Waals surface area (Å²) in [5.74, 6) is -0.742. The number of anilines is 2. The first-order valence-electron chi connectivity index (χ1n) is 9.65. The van der Waals surface area contributed by atoms with Crippen molar-refractivity contribution in [2.75, 3.05) is 10.2 Å². The van der Waals surface area contributed by atoms with E-state index < -0.39 is 0 Å². The molecule has 0 aromatic heterocycles. The molecule has 1 aliphatic rings. The van der Waals surface area contributed by atoms with Gasteiger partial charge in [-0.3, -0.25) is 9.59 Å². The minimum Gasteiger partial charge on any atom is -0.350 e. The molecule has 1 aliphatic heterocycles. The molecule has 0 radical (unpaired) electrons. The number of imide groups is 1. The van der Waals surface area contributed by atoms with Gasteiger partial charge in [-0.25, -0.2) is 4.90 Å². The summed E-state index contributed by atoms with van der Waals surface area (Å²) in [6.07, 6.45) is 0. The van der Waals surface area contributed by atoms with E-state index in [0.29, 0.717) is 21.8 Å². The van der Waals surface area contributed by atoms with Gasteiger partial charge in [0.05, 0.1) is 11.3 Å². The predicted octanol–water partition coefficient (Wildman–Crippen LogP) is 5.66. The summed E-state index contributed by atoms with van der Waals surface area (Å²) < 4.78 is 0. The molecule has 2 amide bonds. The van der Waals surface area contributed by atoms with Crippen LogP contribution >= 0.6 is 11.6 Å². The van der Waals surface area contributed by atoms with Crippen LogP contribution in [0.2, 0.25) is 5.02 Å².